The fourth-order valence-electron chi connectivity index (χ4n) is 2.36. The molecule has 0 saturated heterocycles. The molecule has 1 N–H and O–H groups in total. The van der Waals surface area contributed by atoms with Crippen LogP contribution in [0.3, 0.4) is 0 Å². The summed E-state index contributed by atoms with van der Waals surface area (Å²) in [7, 11) is 0. The summed E-state index contributed by atoms with van der Waals surface area (Å²) >= 11 is 0. The van der Waals surface area contributed by atoms with Gasteiger partial charge in [0.05, 0.1) is 5.54 Å². The number of hydrogen-bond acceptors (Lipinski definition) is 2. The molecule has 0 radical (unpaired) electrons. The maximum Gasteiger partial charge on any atom is 0.431 e. The lowest BCUT2D eigenvalue weighted by Crippen LogP contribution is -2.04. The molecule has 98 valence electrons. The van der Waals surface area contributed by atoms with Gasteiger partial charge in [-0.2, -0.15) is 18.2 Å². The SMILES string of the molecule is O=C=NC1(c2cccc3[nH]c(C(F)(F)F)cc23)CC1. The normalized spacial score (nSPS) is 17.2. The van der Waals surface area contributed by atoms with Gasteiger partial charge in [0.1, 0.15) is 5.69 Å². The van der Waals surface area contributed by atoms with E-state index in [9.17, 15) is 18.0 Å². The van der Waals surface area contributed by atoms with Crippen molar-refractivity contribution in [2.45, 2.75) is 24.6 Å². The molecule has 3 rings (SSSR count). The van der Waals surface area contributed by atoms with Gasteiger partial charge in [0, 0.05) is 10.9 Å². The lowest BCUT2D eigenvalue weighted by atomic mass is 10.0. The Bertz CT molecular complexity index is 691. The molecule has 1 fully saturated rings. The third kappa shape index (κ3) is 1.85. The number of rotatable bonds is 2. The van der Waals surface area contributed by atoms with Crippen molar-refractivity contribution < 1.29 is 18.0 Å². The molecule has 0 spiro atoms. The van der Waals surface area contributed by atoms with Gasteiger partial charge in [-0.1, -0.05) is 12.1 Å². The summed E-state index contributed by atoms with van der Waals surface area (Å²) in [6.45, 7) is 0. The zero-order chi connectivity index (χ0) is 13.7. The van der Waals surface area contributed by atoms with Crippen molar-refractivity contribution in [2.75, 3.05) is 0 Å². The molecule has 1 aromatic heterocycles. The number of isocyanates is 1. The van der Waals surface area contributed by atoms with Crippen LogP contribution in [0, 0.1) is 0 Å². The Hall–Kier alpha value is -2.07. The molecule has 0 aliphatic heterocycles. The fourth-order valence-corrected chi connectivity index (χ4v) is 2.36. The molecule has 3 nitrogen and oxygen atoms in total. The largest absolute Gasteiger partial charge is 0.431 e. The lowest BCUT2D eigenvalue weighted by molar-refractivity contribution is -0.140. The van der Waals surface area contributed by atoms with Crippen LogP contribution in [0.15, 0.2) is 29.3 Å². The second kappa shape index (κ2) is 3.71. The van der Waals surface area contributed by atoms with E-state index >= 15 is 0 Å². The number of fused-ring (bicyclic) bond motifs is 1. The van der Waals surface area contributed by atoms with Gasteiger partial charge in [0.2, 0.25) is 6.08 Å². The molecule has 1 saturated carbocycles. The van der Waals surface area contributed by atoms with E-state index in [1.807, 2.05) is 0 Å². The third-order valence-electron chi connectivity index (χ3n) is 3.45. The van der Waals surface area contributed by atoms with Crippen molar-refractivity contribution in [3.05, 3.63) is 35.5 Å². The number of benzene rings is 1. The molecular formula is C13H9F3N2O. The minimum absolute atomic E-state index is 0.400. The second-order valence-corrected chi connectivity index (χ2v) is 4.68. The topological polar surface area (TPSA) is 45.2 Å². The summed E-state index contributed by atoms with van der Waals surface area (Å²) in [5.41, 5.74) is -0.412. The predicted molar refractivity (Wildman–Crippen MR) is 62.3 cm³/mol. The highest BCUT2D eigenvalue weighted by molar-refractivity contribution is 5.85. The number of nitrogens with zero attached hydrogens (tertiary/aromatic N) is 1. The predicted octanol–water partition coefficient (Wildman–Crippen LogP) is 3.51. The number of aliphatic imine (C=N–C) groups is 1. The summed E-state index contributed by atoms with van der Waals surface area (Å²) < 4.78 is 38.1. The first-order chi connectivity index (χ1) is 8.96. The molecule has 6 heteroatoms. The quantitative estimate of drug-likeness (QED) is 0.656. The Labute approximate surface area is 106 Å². The van der Waals surface area contributed by atoms with Crippen molar-refractivity contribution in [3.63, 3.8) is 0 Å². The van der Waals surface area contributed by atoms with E-state index in [2.05, 4.69) is 9.98 Å². The summed E-state index contributed by atoms with van der Waals surface area (Å²) in [5.74, 6) is 0. The van der Waals surface area contributed by atoms with Gasteiger partial charge in [-0.25, -0.2) is 4.79 Å². The van der Waals surface area contributed by atoms with Crippen LogP contribution >= 0.6 is 0 Å². The Morgan fingerprint density at radius 2 is 2.05 bits per heavy atom. The van der Waals surface area contributed by atoms with Crippen molar-refractivity contribution in [2.24, 2.45) is 4.99 Å². The van der Waals surface area contributed by atoms with Crippen LogP contribution in [-0.4, -0.2) is 11.1 Å². The van der Waals surface area contributed by atoms with E-state index in [-0.39, 0.29) is 0 Å². The number of nitrogens with one attached hydrogen (secondary N) is 1. The average molecular weight is 266 g/mol. The maximum atomic E-state index is 12.7. The highest BCUT2D eigenvalue weighted by atomic mass is 19.4. The first-order valence-corrected chi connectivity index (χ1v) is 5.75. The van der Waals surface area contributed by atoms with Gasteiger partial charge in [-0.3, -0.25) is 0 Å². The van der Waals surface area contributed by atoms with E-state index in [0.717, 1.165) is 6.07 Å². The number of carbonyl (C=O) groups excluding carboxylic acids is 1. The second-order valence-electron chi connectivity index (χ2n) is 4.68. The zero-order valence-electron chi connectivity index (χ0n) is 9.71. The van der Waals surface area contributed by atoms with E-state index in [0.29, 0.717) is 29.3 Å². The Morgan fingerprint density at radius 1 is 1.32 bits per heavy atom. The van der Waals surface area contributed by atoms with Crippen LogP contribution < -0.4 is 0 Å². The molecule has 0 amide bonds. The van der Waals surface area contributed by atoms with Crippen molar-refractivity contribution in [1.29, 1.82) is 0 Å². The third-order valence-corrected chi connectivity index (χ3v) is 3.45. The van der Waals surface area contributed by atoms with Gasteiger partial charge < -0.3 is 4.98 Å². The van der Waals surface area contributed by atoms with Crippen LogP contribution in [-0.2, 0) is 16.5 Å². The molecule has 1 aromatic carbocycles. The number of aromatic nitrogens is 1. The van der Waals surface area contributed by atoms with Crippen LogP contribution in [0.2, 0.25) is 0 Å². The Kier molecular flexibility index (Phi) is 2.34. The molecule has 19 heavy (non-hydrogen) atoms. The van der Waals surface area contributed by atoms with Gasteiger partial charge in [0.15, 0.2) is 0 Å². The first kappa shape index (κ1) is 12.0. The minimum Gasteiger partial charge on any atom is -0.351 e. The van der Waals surface area contributed by atoms with E-state index in [1.54, 1.807) is 18.2 Å². The first-order valence-electron chi connectivity index (χ1n) is 5.75. The molecule has 0 unspecified atom stereocenters. The molecule has 2 aromatic rings. The lowest BCUT2D eigenvalue weighted by Gasteiger charge is -2.09. The van der Waals surface area contributed by atoms with Gasteiger partial charge >= 0.3 is 6.18 Å². The summed E-state index contributed by atoms with van der Waals surface area (Å²) in [6, 6.07) is 6.03. The molecule has 0 bridgehead atoms. The maximum absolute atomic E-state index is 12.7. The highest BCUT2D eigenvalue weighted by Gasteiger charge is 2.46. The minimum atomic E-state index is -4.42. The number of alkyl halides is 3. The number of aromatic amines is 1. The molecule has 1 aliphatic rings. The smallest absolute Gasteiger partial charge is 0.351 e. The average Bonchev–Trinajstić information content (AvgIpc) is 2.97. The van der Waals surface area contributed by atoms with Crippen molar-refractivity contribution in [3.8, 4) is 0 Å². The van der Waals surface area contributed by atoms with E-state index in [4.69, 9.17) is 0 Å². The summed E-state index contributed by atoms with van der Waals surface area (Å²) in [4.78, 5) is 16.6. The summed E-state index contributed by atoms with van der Waals surface area (Å²) in [5, 5.41) is 0.464. The fraction of sp³-hybridized carbons (Fsp3) is 0.308. The van der Waals surface area contributed by atoms with E-state index < -0.39 is 17.4 Å². The monoisotopic (exact) mass is 266 g/mol. The molecule has 0 atom stereocenters. The standard InChI is InChI=1S/C13H9F3N2O/c14-13(15,16)11-6-8-9(2-1-3-10(8)18-11)12(4-5-12)17-7-19/h1-3,6,18H,4-5H2. The van der Waals surface area contributed by atoms with Crippen LogP contribution in [0.5, 0.6) is 0 Å². The van der Waals surface area contributed by atoms with Gasteiger partial charge in [0.25, 0.3) is 0 Å². The molecule has 1 aliphatic carbocycles. The van der Waals surface area contributed by atoms with Crippen LogP contribution in [0.4, 0.5) is 13.2 Å². The Balaban J connectivity index is 2.22. The number of H-pyrrole nitrogens is 1. The van der Waals surface area contributed by atoms with Crippen LogP contribution in [0.1, 0.15) is 24.1 Å². The van der Waals surface area contributed by atoms with Gasteiger partial charge in [-0.05, 0) is 30.5 Å². The van der Waals surface area contributed by atoms with Gasteiger partial charge in [-0.15, -0.1) is 0 Å². The highest BCUT2D eigenvalue weighted by Crippen LogP contribution is 2.51. The number of hydrogen-bond donors (Lipinski definition) is 1. The zero-order valence-corrected chi connectivity index (χ0v) is 9.71. The van der Waals surface area contributed by atoms with Crippen molar-refractivity contribution >= 4 is 17.0 Å². The van der Waals surface area contributed by atoms with Crippen LogP contribution in [0.25, 0.3) is 10.9 Å². The number of halogens is 3. The Morgan fingerprint density at radius 3 is 2.63 bits per heavy atom. The summed E-state index contributed by atoms with van der Waals surface area (Å²) in [6.07, 6.45) is -1.58. The molecule has 1 heterocycles. The van der Waals surface area contributed by atoms with E-state index in [1.165, 1.54) is 6.08 Å². The molecular weight excluding hydrogens is 257 g/mol. The van der Waals surface area contributed by atoms with Crippen molar-refractivity contribution in [1.82, 2.24) is 4.98 Å².